The molecule has 2 N–H and O–H groups in total. The van der Waals surface area contributed by atoms with Crippen LogP contribution >= 0.6 is 22.7 Å². The minimum Gasteiger partial charge on any atom is -0.393 e. The van der Waals surface area contributed by atoms with Crippen LogP contribution < -0.4 is 5.32 Å². The predicted molar refractivity (Wildman–Crippen MR) is 82.6 cm³/mol. The van der Waals surface area contributed by atoms with Crippen molar-refractivity contribution in [3.8, 4) is 9.88 Å². The summed E-state index contributed by atoms with van der Waals surface area (Å²) < 4.78 is 0. The van der Waals surface area contributed by atoms with Crippen LogP contribution in [0.4, 0.5) is 0 Å². The number of nitrogens with one attached hydrogen (secondary N) is 1. The minimum atomic E-state index is -0.217. The van der Waals surface area contributed by atoms with Gasteiger partial charge in [-0.3, -0.25) is 0 Å². The van der Waals surface area contributed by atoms with Crippen LogP contribution in [0, 0.1) is 5.92 Å². The number of thiazole rings is 1. The van der Waals surface area contributed by atoms with E-state index in [-0.39, 0.29) is 6.10 Å². The molecule has 19 heavy (non-hydrogen) atoms. The highest BCUT2D eigenvalue weighted by molar-refractivity contribution is 7.20. The van der Waals surface area contributed by atoms with Crippen LogP contribution in [0.25, 0.3) is 9.88 Å². The van der Waals surface area contributed by atoms with Crippen molar-refractivity contribution < 1.29 is 5.11 Å². The lowest BCUT2D eigenvalue weighted by atomic mass is 10.1. The number of nitrogens with zero attached hydrogens (tertiary/aromatic N) is 1. The van der Waals surface area contributed by atoms with Gasteiger partial charge in [0.15, 0.2) is 0 Å². The Balaban J connectivity index is 1.78. The van der Waals surface area contributed by atoms with Gasteiger partial charge >= 0.3 is 0 Å². The third kappa shape index (κ3) is 4.69. The fourth-order valence-electron chi connectivity index (χ4n) is 2.01. The molecule has 2 atom stereocenters. The number of aromatic nitrogens is 1. The first kappa shape index (κ1) is 14.7. The van der Waals surface area contributed by atoms with Gasteiger partial charge in [-0.15, -0.1) is 22.7 Å². The molecule has 0 aliphatic heterocycles. The number of rotatable bonds is 7. The first-order chi connectivity index (χ1) is 9.15. The van der Waals surface area contributed by atoms with Crippen LogP contribution in [0.15, 0.2) is 23.7 Å². The molecule has 2 heterocycles. The summed E-state index contributed by atoms with van der Waals surface area (Å²) in [6.45, 7) is 5.78. The highest BCUT2D eigenvalue weighted by Crippen LogP contribution is 2.28. The maximum Gasteiger partial charge on any atom is 0.133 e. The van der Waals surface area contributed by atoms with Crippen LogP contribution in [0.1, 0.15) is 25.1 Å². The van der Waals surface area contributed by atoms with E-state index < -0.39 is 0 Å². The smallest absolute Gasteiger partial charge is 0.133 e. The largest absolute Gasteiger partial charge is 0.393 e. The zero-order valence-electron chi connectivity index (χ0n) is 11.3. The second-order valence-electron chi connectivity index (χ2n) is 4.93. The Kier molecular flexibility index (Phi) is 5.51. The molecular weight excluding hydrogens is 276 g/mol. The molecule has 0 amide bonds. The molecule has 0 saturated heterocycles. The molecule has 104 valence electrons. The van der Waals surface area contributed by atoms with Crippen molar-refractivity contribution in [1.29, 1.82) is 0 Å². The highest BCUT2D eigenvalue weighted by Gasteiger charge is 2.08. The molecule has 0 aromatic carbocycles. The van der Waals surface area contributed by atoms with E-state index in [1.165, 1.54) is 9.75 Å². The minimum absolute atomic E-state index is 0.217. The van der Waals surface area contributed by atoms with Crippen LogP contribution in [0.3, 0.4) is 0 Å². The lowest BCUT2D eigenvalue weighted by Crippen LogP contribution is -2.22. The summed E-state index contributed by atoms with van der Waals surface area (Å²) in [5, 5.41) is 15.9. The molecule has 0 fully saturated rings. The average Bonchev–Trinajstić information content (AvgIpc) is 2.97. The van der Waals surface area contributed by atoms with E-state index in [0.717, 1.165) is 24.5 Å². The monoisotopic (exact) mass is 296 g/mol. The summed E-state index contributed by atoms with van der Waals surface area (Å²) in [6.07, 6.45) is 2.58. The average molecular weight is 296 g/mol. The van der Waals surface area contributed by atoms with Crippen molar-refractivity contribution in [2.24, 2.45) is 5.92 Å². The number of aliphatic hydroxyl groups is 1. The van der Waals surface area contributed by atoms with Crippen LogP contribution in [-0.2, 0) is 6.54 Å². The molecule has 0 aliphatic rings. The lowest BCUT2D eigenvalue weighted by Gasteiger charge is -2.13. The first-order valence-corrected chi connectivity index (χ1v) is 8.22. The summed E-state index contributed by atoms with van der Waals surface area (Å²) in [5.41, 5.74) is 0. The Bertz CT molecular complexity index is 479. The summed E-state index contributed by atoms with van der Waals surface area (Å²) in [6, 6.07) is 4.16. The molecule has 3 nitrogen and oxygen atoms in total. The quantitative estimate of drug-likeness (QED) is 0.823. The molecule has 0 radical (unpaired) electrons. The van der Waals surface area contributed by atoms with Crippen molar-refractivity contribution in [3.05, 3.63) is 28.6 Å². The van der Waals surface area contributed by atoms with Gasteiger partial charge in [-0.05, 0) is 37.3 Å². The summed E-state index contributed by atoms with van der Waals surface area (Å²) in [7, 11) is 0. The van der Waals surface area contributed by atoms with Gasteiger partial charge in [-0.25, -0.2) is 4.98 Å². The lowest BCUT2D eigenvalue weighted by molar-refractivity contribution is 0.163. The Morgan fingerprint density at radius 1 is 1.42 bits per heavy atom. The van der Waals surface area contributed by atoms with E-state index >= 15 is 0 Å². The predicted octanol–water partition coefficient (Wildman–Crippen LogP) is 3.37. The van der Waals surface area contributed by atoms with Crippen molar-refractivity contribution in [3.63, 3.8) is 0 Å². The molecule has 0 saturated carbocycles. The normalized spacial score (nSPS) is 14.5. The van der Waals surface area contributed by atoms with E-state index in [2.05, 4.69) is 34.7 Å². The van der Waals surface area contributed by atoms with Crippen molar-refractivity contribution in [2.75, 3.05) is 6.54 Å². The summed E-state index contributed by atoms with van der Waals surface area (Å²) in [4.78, 5) is 6.95. The van der Waals surface area contributed by atoms with Gasteiger partial charge in [0.05, 0.1) is 11.0 Å². The second-order valence-corrected chi connectivity index (χ2v) is 6.99. The number of aliphatic hydroxyl groups excluding tert-OH is 1. The fourth-order valence-corrected chi connectivity index (χ4v) is 3.70. The maximum absolute atomic E-state index is 9.31. The van der Waals surface area contributed by atoms with E-state index in [1.54, 1.807) is 22.7 Å². The zero-order valence-corrected chi connectivity index (χ0v) is 12.9. The Morgan fingerprint density at radius 2 is 2.26 bits per heavy atom. The summed E-state index contributed by atoms with van der Waals surface area (Å²) >= 11 is 3.47. The van der Waals surface area contributed by atoms with Gasteiger partial charge in [0.25, 0.3) is 0 Å². The Morgan fingerprint density at radius 3 is 2.95 bits per heavy atom. The van der Waals surface area contributed by atoms with E-state index in [0.29, 0.717) is 5.92 Å². The van der Waals surface area contributed by atoms with Gasteiger partial charge in [-0.2, -0.15) is 0 Å². The number of hydrogen-bond acceptors (Lipinski definition) is 5. The maximum atomic E-state index is 9.31. The van der Waals surface area contributed by atoms with Crippen molar-refractivity contribution in [1.82, 2.24) is 10.3 Å². The standard InChI is InChI=1S/C14H20N2OS2/c1-10(6-11(2)17)7-15-8-12-9-16-14(19-12)13-4-3-5-18-13/h3-5,9-11,15,17H,6-8H2,1-2H3. The van der Waals surface area contributed by atoms with Crippen LogP contribution in [0.2, 0.25) is 0 Å². The first-order valence-electron chi connectivity index (χ1n) is 6.52. The Hall–Kier alpha value is -0.750. The highest BCUT2D eigenvalue weighted by atomic mass is 32.1. The topological polar surface area (TPSA) is 45.1 Å². The molecular formula is C14H20N2OS2. The molecule has 0 bridgehead atoms. The van der Waals surface area contributed by atoms with Gasteiger partial charge in [-0.1, -0.05) is 13.0 Å². The van der Waals surface area contributed by atoms with Crippen molar-refractivity contribution >= 4 is 22.7 Å². The molecule has 0 spiro atoms. The summed E-state index contributed by atoms with van der Waals surface area (Å²) in [5.74, 6) is 0.490. The third-order valence-electron chi connectivity index (χ3n) is 2.82. The molecule has 2 aromatic rings. The SMILES string of the molecule is CC(O)CC(C)CNCc1cnc(-c2cccs2)s1. The third-order valence-corrected chi connectivity index (χ3v) is 4.86. The molecule has 2 rings (SSSR count). The van der Waals surface area contributed by atoms with Crippen LogP contribution in [-0.4, -0.2) is 22.7 Å². The number of thiophene rings is 1. The van der Waals surface area contributed by atoms with Gasteiger partial charge in [0.2, 0.25) is 0 Å². The molecule has 2 unspecified atom stereocenters. The second kappa shape index (κ2) is 7.14. The van der Waals surface area contributed by atoms with Gasteiger partial charge in [0.1, 0.15) is 5.01 Å². The zero-order chi connectivity index (χ0) is 13.7. The molecule has 2 aromatic heterocycles. The molecule has 0 aliphatic carbocycles. The van der Waals surface area contributed by atoms with Gasteiger partial charge in [0, 0.05) is 17.6 Å². The van der Waals surface area contributed by atoms with E-state index in [1.807, 2.05) is 13.1 Å². The Labute approximate surface area is 122 Å². The number of hydrogen-bond donors (Lipinski definition) is 2. The van der Waals surface area contributed by atoms with Crippen LogP contribution in [0.5, 0.6) is 0 Å². The van der Waals surface area contributed by atoms with E-state index in [9.17, 15) is 5.11 Å². The van der Waals surface area contributed by atoms with Crippen molar-refractivity contribution in [2.45, 2.75) is 32.9 Å². The van der Waals surface area contributed by atoms with E-state index in [4.69, 9.17) is 0 Å². The molecule has 5 heteroatoms. The fraction of sp³-hybridized carbons (Fsp3) is 0.500. The van der Waals surface area contributed by atoms with Gasteiger partial charge < -0.3 is 10.4 Å².